The lowest BCUT2D eigenvalue weighted by molar-refractivity contribution is 0.150. The predicted octanol–water partition coefficient (Wildman–Crippen LogP) is 4.57. The molecular formula is C24H35IN4. The van der Waals surface area contributed by atoms with E-state index in [-0.39, 0.29) is 24.0 Å². The molecule has 0 amide bonds. The number of hydrogen-bond acceptors (Lipinski definition) is 2. The molecule has 4 rings (SSSR count). The Morgan fingerprint density at radius 3 is 2.48 bits per heavy atom. The Hall–Kier alpha value is -1.34. The second-order valence-corrected chi connectivity index (χ2v) is 8.28. The van der Waals surface area contributed by atoms with Crippen molar-refractivity contribution in [1.82, 2.24) is 15.5 Å². The molecule has 0 bridgehead atoms. The molecule has 2 aliphatic rings. The van der Waals surface area contributed by atoms with Crippen LogP contribution in [-0.4, -0.2) is 49.6 Å². The van der Waals surface area contributed by atoms with Gasteiger partial charge in [-0.1, -0.05) is 55.3 Å². The molecule has 0 radical (unpaired) electrons. The summed E-state index contributed by atoms with van der Waals surface area (Å²) in [6.45, 7) is 3.36. The summed E-state index contributed by atoms with van der Waals surface area (Å²) in [6.07, 6.45) is 9.13. The van der Waals surface area contributed by atoms with Gasteiger partial charge in [0.2, 0.25) is 0 Å². The molecule has 0 aromatic heterocycles. The number of guanidine groups is 1. The van der Waals surface area contributed by atoms with Crippen molar-refractivity contribution in [3.63, 3.8) is 0 Å². The van der Waals surface area contributed by atoms with Gasteiger partial charge in [-0.3, -0.25) is 4.99 Å². The van der Waals surface area contributed by atoms with Gasteiger partial charge in [0.25, 0.3) is 0 Å². The molecule has 0 spiro atoms. The van der Waals surface area contributed by atoms with Crippen LogP contribution >= 0.6 is 24.0 Å². The first-order chi connectivity index (χ1) is 13.8. The van der Waals surface area contributed by atoms with E-state index in [2.05, 4.69) is 63.0 Å². The van der Waals surface area contributed by atoms with Crippen LogP contribution in [0.3, 0.4) is 0 Å². The van der Waals surface area contributed by atoms with Gasteiger partial charge >= 0.3 is 0 Å². The summed E-state index contributed by atoms with van der Waals surface area (Å²) in [6, 6.07) is 16.6. The molecule has 1 heterocycles. The molecular weight excluding hydrogens is 471 g/mol. The van der Waals surface area contributed by atoms with Gasteiger partial charge in [0, 0.05) is 38.8 Å². The molecule has 1 saturated carbocycles. The normalized spacial score (nSPS) is 19.3. The van der Waals surface area contributed by atoms with Crippen LogP contribution in [0, 0.1) is 0 Å². The third-order valence-electron chi connectivity index (χ3n) is 6.50. The summed E-state index contributed by atoms with van der Waals surface area (Å²) < 4.78 is 0. The number of aliphatic imine (C=N–C) groups is 1. The average Bonchev–Trinajstić information content (AvgIpc) is 3.28. The minimum absolute atomic E-state index is 0. The first-order valence-corrected chi connectivity index (χ1v) is 11.0. The van der Waals surface area contributed by atoms with E-state index in [4.69, 9.17) is 0 Å². The summed E-state index contributed by atoms with van der Waals surface area (Å²) in [5.74, 6) is 0.944. The Kier molecular flexibility index (Phi) is 8.60. The number of nitrogens with zero attached hydrogens (tertiary/aromatic N) is 2. The SMILES string of the molecule is CN=C(NCCc1cccc2ccccc12)NC1CCN(C2CCCC2)CC1.I. The monoisotopic (exact) mass is 506 g/mol. The van der Waals surface area contributed by atoms with Gasteiger partial charge in [0.1, 0.15) is 0 Å². The zero-order valence-corrected chi connectivity index (χ0v) is 19.9. The number of halogens is 1. The maximum Gasteiger partial charge on any atom is 0.191 e. The lowest BCUT2D eigenvalue weighted by atomic mass is 10.0. The van der Waals surface area contributed by atoms with Crippen molar-refractivity contribution in [2.24, 2.45) is 4.99 Å². The van der Waals surface area contributed by atoms with Crippen molar-refractivity contribution in [3.05, 3.63) is 48.0 Å². The van der Waals surface area contributed by atoms with Gasteiger partial charge < -0.3 is 15.5 Å². The Bertz CT molecular complexity index is 787. The molecule has 29 heavy (non-hydrogen) atoms. The van der Waals surface area contributed by atoms with Crippen LogP contribution < -0.4 is 10.6 Å². The number of benzene rings is 2. The van der Waals surface area contributed by atoms with Crippen LogP contribution in [0.4, 0.5) is 0 Å². The van der Waals surface area contributed by atoms with Crippen molar-refractivity contribution >= 4 is 40.7 Å². The van der Waals surface area contributed by atoms with Gasteiger partial charge in [-0.2, -0.15) is 0 Å². The van der Waals surface area contributed by atoms with E-state index >= 15 is 0 Å². The Morgan fingerprint density at radius 2 is 1.72 bits per heavy atom. The summed E-state index contributed by atoms with van der Waals surface area (Å²) in [5.41, 5.74) is 1.39. The first kappa shape index (κ1) is 22.3. The third kappa shape index (κ3) is 5.85. The molecule has 1 saturated heterocycles. The van der Waals surface area contributed by atoms with Crippen LogP contribution in [0.5, 0.6) is 0 Å². The third-order valence-corrected chi connectivity index (χ3v) is 6.50. The number of piperidine rings is 1. The summed E-state index contributed by atoms with van der Waals surface area (Å²) >= 11 is 0. The zero-order chi connectivity index (χ0) is 19.2. The van der Waals surface area contributed by atoms with Gasteiger partial charge in [-0.25, -0.2) is 0 Å². The fourth-order valence-corrected chi connectivity index (χ4v) is 4.89. The smallest absolute Gasteiger partial charge is 0.191 e. The Labute approximate surface area is 192 Å². The van der Waals surface area contributed by atoms with Gasteiger partial charge in [0.15, 0.2) is 5.96 Å². The highest BCUT2D eigenvalue weighted by molar-refractivity contribution is 14.0. The highest BCUT2D eigenvalue weighted by atomic mass is 127. The average molecular weight is 506 g/mol. The van der Waals surface area contributed by atoms with E-state index in [1.807, 2.05) is 7.05 Å². The van der Waals surface area contributed by atoms with E-state index in [1.54, 1.807) is 0 Å². The van der Waals surface area contributed by atoms with Gasteiger partial charge in [-0.15, -0.1) is 24.0 Å². The molecule has 5 heteroatoms. The van der Waals surface area contributed by atoms with Crippen LogP contribution in [-0.2, 0) is 6.42 Å². The molecule has 2 N–H and O–H groups in total. The maximum atomic E-state index is 4.45. The zero-order valence-electron chi connectivity index (χ0n) is 17.6. The number of nitrogens with one attached hydrogen (secondary N) is 2. The van der Waals surface area contributed by atoms with E-state index in [0.29, 0.717) is 6.04 Å². The number of fused-ring (bicyclic) bond motifs is 1. The van der Waals surface area contributed by atoms with Crippen LogP contribution in [0.1, 0.15) is 44.1 Å². The fraction of sp³-hybridized carbons (Fsp3) is 0.542. The number of hydrogen-bond donors (Lipinski definition) is 2. The minimum atomic E-state index is 0. The molecule has 1 aliphatic heterocycles. The molecule has 0 atom stereocenters. The van der Waals surface area contributed by atoms with Crippen molar-refractivity contribution in [1.29, 1.82) is 0 Å². The molecule has 2 aromatic rings. The lowest BCUT2D eigenvalue weighted by Gasteiger charge is -2.36. The van der Waals surface area contributed by atoms with Crippen molar-refractivity contribution in [2.75, 3.05) is 26.7 Å². The van der Waals surface area contributed by atoms with Gasteiger partial charge in [0.05, 0.1) is 0 Å². The highest BCUT2D eigenvalue weighted by Gasteiger charge is 2.27. The van der Waals surface area contributed by atoms with Crippen LogP contribution in [0.25, 0.3) is 10.8 Å². The standard InChI is InChI=1S/C24H34N4.HI/c1-25-24(27-21-14-17-28(18-15-21)22-10-3-4-11-22)26-16-13-20-9-6-8-19-7-2-5-12-23(19)20;/h2,5-9,12,21-22H,3-4,10-11,13-18H2,1H3,(H2,25,26,27);1H. The largest absolute Gasteiger partial charge is 0.356 e. The highest BCUT2D eigenvalue weighted by Crippen LogP contribution is 2.26. The van der Waals surface area contributed by atoms with Crippen LogP contribution in [0.2, 0.25) is 0 Å². The van der Waals surface area contributed by atoms with E-state index in [9.17, 15) is 0 Å². The number of rotatable bonds is 5. The maximum absolute atomic E-state index is 4.45. The number of likely N-dealkylation sites (tertiary alicyclic amines) is 1. The molecule has 2 aromatic carbocycles. The lowest BCUT2D eigenvalue weighted by Crippen LogP contribution is -2.50. The molecule has 1 aliphatic carbocycles. The fourth-order valence-electron chi connectivity index (χ4n) is 4.89. The minimum Gasteiger partial charge on any atom is -0.356 e. The van der Waals surface area contributed by atoms with Crippen molar-refractivity contribution in [2.45, 2.75) is 57.0 Å². The summed E-state index contributed by atoms with van der Waals surface area (Å²) in [7, 11) is 1.88. The summed E-state index contributed by atoms with van der Waals surface area (Å²) in [4.78, 5) is 7.18. The summed E-state index contributed by atoms with van der Waals surface area (Å²) in [5, 5.41) is 9.85. The topological polar surface area (TPSA) is 39.7 Å². The van der Waals surface area contributed by atoms with Crippen LogP contribution in [0.15, 0.2) is 47.5 Å². The Morgan fingerprint density at radius 1 is 1.00 bits per heavy atom. The molecule has 2 fully saturated rings. The van der Waals surface area contributed by atoms with Crippen molar-refractivity contribution in [3.8, 4) is 0 Å². The van der Waals surface area contributed by atoms with Gasteiger partial charge in [-0.05, 0) is 48.4 Å². The first-order valence-electron chi connectivity index (χ1n) is 11.0. The van der Waals surface area contributed by atoms with E-state index in [1.165, 1.54) is 68.0 Å². The molecule has 158 valence electrons. The molecule has 4 nitrogen and oxygen atoms in total. The molecule has 0 unspecified atom stereocenters. The Balaban J connectivity index is 0.00000240. The van der Waals surface area contributed by atoms with Crippen molar-refractivity contribution < 1.29 is 0 Å². The van der Waals surface area contributed by atoms with E-state index < -0.39 is 0 Å². The predicted molar refractivity (Wildman–Crippen MR) is 134 cm³/mol. The quantitative estimate of drug-likeness (QED) is 0.355. The van der Waals surface area contributed by atoms with E-state index in [0.717, 1.165) is 25.0 Å². The second kappa shape index (κ2) is 11.2. The second-order valence-electron chi connectivity index (χ2n) is 8.28.